The molecule has 2 rings (SSSR count). The van der Waals surface area contributed by atoms with Crippen molar-refractivity contribution in [3.8, 4) is 5.75 Å². The van der Waals surface area contributed by atoms with Crippen LogP contribution >= 0.6 is 28.3 Å². The van der Waals surface area contributed by atoms with Gasteiger partial charge in [0.2, 0.25) is 0 Å². The van der Waals surface area contributed by atoms with Gasteiger partial charge in [0.25, 0.3) is 5.69 Å². The summed E-state index contributed by atoms with van der Waals surface area (Å²) in [5.74, 6) is 0.0880. The third kappa shape index (κ3) is 2.88. The zero-order chi connectivity index (χ0) is 11.7. The topological polar surface area (TPSA) is 75.4 Å². The largest absolute Gasteiger partial charge is 0.506 e. The highest BCUT2D eigenvalue weighted by molar-refractivity contribution is 9.10. The summed E-state index contributed by atoms with van der Waals surface area (Å²) in [6.45, 7) is 0.879. The minimum atomic E-state index is -0.456. The van der Waals surface area contributed by atoms with E-state index < -0.39 is 4.92 Å². The van der Waals surface area contributed by atoms with Gasteiger partial charge in [-0.15, -0.1) is 12.4 Å². The quantitative estimate of drug-likeness (QED) is 0.648. The molecule has 0 radical (unpaired) electrons. The first-order valence-corrected chi connectivity index (χ1v) is 5.79. The van der Waals surface area contributed by atoms with Gasteiger partial charge in [-0.2, -0.15) is 0 Å². The highest BCUT2D eigenvalue weighted by Crippen LogP contribution is 2.38. The molecule has 0 aromatic heterocycles. The standard InChI is InChI=1S/C10H11BrN2O3.ClH/c11-8-5-6(13(15)16)4-7(10(8)14)9-2-1-3-12-9;/h4-5,9,12,14H,1-3H2;1H/t9-;/m0./s1. The normalized spacial score (nSPS) is 18.8. The maximum absolute atomic E-state index is 10.7. The Morgan fingerprint density at radius 2 is 2.24 bits per heavy atom. The van der Waals surface area contributed by atoms with Crippen LogP contribution in [0.1, 0.15) is 24.4 Å². The highest BCUT2D eigenvalue weighted by atomic mass is 79.9. The molecule has 0 aliphatic carbocycles. The van der Waals surface area contributed by atoms with Crippen LogP contribution < -0.4 is 5.32 Å². The zero-order valence-corrected chi connectivity index (χ0v) is 11.3. The second-order valence-corrected chi connectivity index (χ2v) is 4.63. The SMILES string of the molecule is Cl.O=[N+]([O-])c1cc(Br)c(O)c([C@@H]2CCCN2)c1. The van der Waals surface area contributed by atoms with Crippen LogP contribution in [0.4, 0.5) is 5.69 Å². The van der Waals surface area contributed by atoms with E-state index >= 15 is 0 Å². The smallest absolute Gasteiger partial charge is 0.271 e. The first-order valence-electron chi connectivity index (χ1n) is 5.00. The molecule has 1 atom stereocenters. The maximum atomic E-state index is 10.7. The Labute approximate surface area is 113 Å². The van der Waals surface area contributed by atoms with Crippen LogP contribution in [-0.4, -0.2) is 16.6 Å². The number of nitrogens with one attached hydrogen (secondary N) is 1. The number of hydrogen-bond donors (Lipinski definition) is 2. The number of phenols is 1. The van der Waals surface area contributed by atoms with Crippen molar-refractivity contribution < 1.29 is 10.0 Å². The third-order valence-electron chi connectivity index (χ3n) is 2.72. The van der Waals surface area contributed by atoms with Gasteiger partial charge >= 0.3 is 0 Å². The fourth-order valence-corrected chi connectivity index (χ4v) is 2.39. The summed E-state index contributed by atoms with van der Waals surface area (Å²) in [6.07, 6.45) is 1.91. The lowest BCUT2D eigenvalue weighted by atomic mass is 10.0. The predicted molar refractivity (Wildman–Crippen MR) is 69.7 cm³/mol. The Kier molecular flexibility index (Phi) is 4.73. The van der Waals surface area contributed by atoms with E-state index in [2.05, 4.69) is 21.2 Å². The van der Waals surface area contributed by atoms with Crippen LogP contribution in [-0.2, 0) is 0 Å². The molecule has 1 fully saturated rings. The summed E-state index contributed by atoms with van der Waals surface area (Å²) in [6, 6.07) is 2.76. The molecule has 1 aliphatic heterocycles. The molecular formula is C10H12BrClN2O3. The van der Waals surface area contributed by atoms with E-state index in [1.54, 1.807) is 0 Å². The van der Waals surface area contributed by atoms with Crippen molar-refractivity contribution >= 4 is 34.0 Å². The maximum Gasteiger partial charge on any atom is 0.271 e. The fraction of sp³-hybridized carbons (Fsp3) is 0.400. The number of non-ortho nitro benzene ring substituents is 1. The molecule has 1 saturated heterocycles. The first-order chi connectivity index (χ1) is 7.59. The first kappa shape index (κ1) is 14.2. The number of halogens is 2. The van der Waals surface area contributed by atoms with E-state index in [1.807, 2.05) is 0 Å². The van der Waals surface area contributed by atoms with Gasteiger partial charge in [-0.25, -0.2) is 0 Å². The van der Waals surface area contributed by atoms with E-state index in [1.165, 1.54) is 12.1 Å². The second kappa shape index (κ2) is 5.66. The number of nitrogens with zero attached hydrogens (tertiary/aromatic N) is 1. The number of nitro groups is 1. The van der Waals surface area contributed by atoms with Crippen LogP contribution in [0.3, 0.4) is 0 Å². The number of nitro benzene ring substituents is 1. The Morgan fingerprint density at radius 1 is 1.53 bits per heavy atom. The van der Waals surface area contributed by atoms with Crippen molar-refractivity contribution in [1.29, 1.82) is 0 Å². The average Bonchev–Trinajstić information content (AvgIpc) is 2.74. The van der Waals surface area contributed by atoms with Gasteiger partial charge in [-0.1, -0.05) is 0 Å². The molecule has 94 valence electrons. The number of aromatic hydroxyl groups is 1. The van der Waals surface area contributed by atoms with Crippen LogP contribution in [0.2, 0.25) is 0 Å². The molecule has 0 amide bonds. The summed E-state index contributed by atoms with van der Waals surface area (Å²) in [7, 11) is 0. The molecule has 1 aromatic carbocycles. The van der Waals surface area contributed by atoms with Crippen LogP contribution in [0.15, 0.2) is 16.6 Å². The van der Waals surface area contributed by atoms with Gasteiger partial charge in [0.15, 0.2) is 0 Å². The molecule has 1 aliphatic rings. The molecule has 0 spiro atoms. The highest BCUT2D eigenvalue weighted by Gasteiger charge is 2.23. The molecule has 2 N–H and O–H groups in total. The molecule has 7 heteroatoms. The Balaban J connectivity index is 0.00000144. The number of benzene rings is 1. The minimum absolute atomic E-state index is 0. The van der Waals surface area contributed by atoms with Gasteiger partial charge in [0.1, 0.15) is 5.75 Å². The molecule has 0 saturated carbocycles. The molecule has 0 unspecified atom stereocenters. The molecule has 0 bridgehead atoms. The van der Waals surface area contributed by atoms with Gasteiger partial charge in [-0.05, 0) is 35.3 Å². The predicted octanol–water partition coefficient (Wildman–Crippen LogP) is 2.91. The lowest BCUT2D eigenvalue weighted by Gasteiger charge is -2.13. The molecule has 1 aromatic rings. The second-order valence-electron chi connectivity index (χ2n) is 3.77. The number of hydrogen-bond acceptors (Lipinski definition) is 4. The van der Waals surface area contributed by atoms with Crippen molar-refractivity contribution in [2.24, 2.45) is 0 Å². The van der Waals surface area contributed by atoms with Crippen LogP contribution in [0.25, 0.3) is 0 Å². The van der Waals surface area contributed by atoms with Crippen molar-refractivity contribution in [1.82, 2.24) is 5.32 Å². The van der Waals surface area contributed by atoms with Crippen molar-refractivity contribution in [3.05, 3.63) is 32.3 Å². The molecule has 17 heavy (non-hydrogen) atoms. The van der Waals surface area contributed by atoms with Crippen LogP contribution in [0.5, 0.6) is 5.75 Å². The summed E-state index contributed by atoms with van der Waals surface area (Å²) in [4.78, 5) is 10.3. The van der Waals surface area contributed by atoms with Gasteiger partial charge in [0.05, 0.1) is 9.40 Å². The lowest BCUT2D eigenvalue weighted by Crippen LogP contribution is -2.13. The monoisotopic (exact) mass is 322 g/mol. The third-order valence-corrected chi connectivity index (χ3v) is 3.33. The van der Waals surface area contributed by atoms with E-state index in [0.717, 1.165) is 19.4 Å². The van der Waals surface area contributed by atoms with Gasteiger partial charge in [0, 0.05) is 23.7 Å². The van der Waals surface area contributed by atoms with E-state index in [-0.39, 0.29) is 29.9 Å². The summed E-state index contributed by atoms with van der Waals surface area (Å²) in [5.41, 5.74) is 0.590. The van der Waals surface area contributed by atoms with Gasteiger partial charge in [-0.3, -0.25) is 10.1 Å². The number of rotatable bonds is 2. The summed E-state index contributed by atoms with van der Waals surface area (Å²) in [5, 5.41) is 23.8. The van der Waals surface area contributed by atoms with Crippen LogP contribution in [0, 0.1) is 10.1 Å². The number of phenolic OH excluding ortho intramolecular Hbond substituents is 1. The zero-order valence-electron chi connectivity index (χ0n) is 8.85. The Bertz CT molecular complexity index is 436. The molecule has 1 heterocycles. The lowest BCUT2D eigenvalue weighted by molar-refractivity contribution is -0.385. The summed E-state index contributed by atoms with van der Waals surface area (Å²) < 4.78 is 0.366. The molecular weight excluding hydrogens is 311 g/mol. The van der Waals surface area contributed by atoms with E-state index in [4.69, 9.17) is 0 Å². The van der Waals surface area contributed by atoms with Gasteiger partial charge < -0.3 is 10.4 Å². The van der Waals surface area contributed by atoms with Crippen molar-refractivity contribution in [2.45, 2.75) is 18.9 Å². The average molecular weight is 324 g/mol. The molecule has 5 nitrogen and oxygen atoms in total. The van der Waals surface area contributed by atoms with Crippen molar-refractivity contribution in [2.75, 3.05) is 6.54 Å². The summed E-state index contributed by atoms with van der Waals surface area (Å²) >= 11 is 3.13. The fourth-order valence-electron chi connectivity index (χ4n) is 1.93. The minimum Gasteiger partial charge on any atom is -0.506 e. The van der Waals surface area contributed by atoms with E-state index in [9.17, 15) is 15.2 Å². The Morgan fingerprint density at radius 3 is 2.76 bits per heavy atom. The van der Waals surface area contributed by atoms with E-state index in [0.29, 0.717) is 10.0 Å². The van der Waals surface area contributed by atoms with Crippen molar-refractivity contribution in [3.63, 3.8) is 0 Å². The Hall–Kier alpha value is -0.850.